The first-order valence-electron chi connectivity index (χ1n) is 7.64. The zero-order valence-electron chi connectivity index (χ0n) is 12.8. The molecule has 0 aromatic heterocycles. The fourth-order valence-electron chi connectivity index (χ4n) is 2.73. The van der Waals surface area contributed by atoms with E-state index in [1.54, 1.807) is 0 Å². The van der Waals surface area contributed by atoms with Crippen molar-refractivity contribution < 1.29 is 4.79 Å². The molecule has 1 aliphatic heterocycles. The summed E-state index contributed by atoms with van der Waals surface area (Å²) < 4.78 is 0. The number of carbonyl (C=O) groups is 1. The normalized spacial score (nSPS) is 18.1. The number of carbonyl (C=O) groups excluding carboxylic acids is 1. The summed E-state index contributed by atoms with van der Waals surface area (Å²) in [5, 5.41) is 8.58. The first-order valence-corrected chi connectivity index (χ1v) is 7.64. The molecule has 1 rings (SSSR count). The van der Waals surface area contributed by atoms with Crippen molar-refractivity contribution in [2.24, 2.45) is 17.6 Å². The minimum absolute atomic E-state index is 0.237. The van der Waals surface area contributed by atoms with E-state index >= 15 is 0 Å². The summed E-state index contributed by atoms with van der Waals surface area (Å²) in [7, 11) is 0. The Labute approximate surface area is 122 Å². The lowest BCUT2D eigenvalue weighted by Crippen LogP contribution is -2.49. The van der Waals surface area contributed by atoms with Crippen LogP contribution in [0.1, 0.15) is 33.1 Å². The molecule has 1 unspecified atom stereocenters. The molecule has 0 aromatic rings. The lowest BCUT2D eigenvalue weighted by atomic mass is 9.93. The van der Waals surface area contributed by atoms with Crippen molar-refractivity contribution >= 4 is 5.91 Å². The number of amides is 1. The van der Waals surface area contributed by atoms with Crippen LogP contribution in [0.3, 0.4) is 0 Å². The minimum Gasteiger partial charge on any atom is -0.340 e. The number of nitrogens with two attached hydrogens (primary N) is 1. The predicted molar refractivity (Wildman–Crippen MR) is 79.9 cm³/mol. The van der Waals surface area contributed by atoms with Gasteiger partial charge in [-0.1, -0.05) is 13.8 Å². The highest BCUT2D eigenvalue weighted by Gasteiger charge is 2.23. The first kappa shape index (κ1) is 16.9. The third kappa shape index (κ3) is 5.89. The molecule has 114 valence electrons. The second-order valence-corrected chi connectivity index (χ2v) is 6.07. The molecular weight excluding hydrogens is 252 g/mol. The first-order chi connectivity index (χ1) is 9.56. The SMILES string of the molecule is CC(C)CC(CN)CC(=O)N1CCN(CCC#N)CC1. The lowest BCUT2D eigenvalue weighted by molar-refractivity contribution is -0.134. The van der Waals surface area contributed by atoms with E-state index < -0.39 is 0 Å². The van der Waals surface area contributed by atoms with E-state index in [1.807, 2.05) is 4.90 Å². The number of hydrogen-bond donors (Lipinski definition) is 1. The van der Waals surface area contributed by atoms with Crippen molar-refractivity contribution in [3.63, 3.8) is 0 Å². The van der Waals surface area contributed by atoms with Gasteiger partial charge in [-0.05, 0) is 24.8 Å². The van der Waals surface area contributed by atoms with Gasteiger partial charge in [0, 0.05) is 45.6 Å². The highest BCUT2D eigenvalue weighted by atomic mass is 16.2. The molecule has 20 heavy (non-hydrogen) atoms. The van der Waals surface area contributed by atoms with E-state index in [-0.39, 0.29) is 5.91 Å². The van der Waals surface area contributed by atoms with Gasteiger partial charge in [0.25, 0.3) is 0 Å². The Hall–Kier alpha value is -1.12. The molecule has 0 aromatic carbocycles. The molecule has 0 bridgehead atoms. The van der Waals surface area contributed by atoms with Crippen LogP contribution in [-0.2, 0) is 4.79 Å². The number of nitrogens with zero attached hydrogens (tertiary/aromatic N) is 3. The van der Waals surface area contributed by atoms with E-state index in [0.717, 1.165) is 39.1 Å². The second-order valence-electron chi connectivity index (χ2n) is 6.07. The molecule has 5 heteroatoms. The van der Waals surface area contributed by atoms with Crippen molar-refractivity contribution in [3.05, 3.63) is 0 Å². The Morgan fingerprint density at radius 2 is 1.95 bits per heavy atom. The Bertz CT molecular complexity index is 329. The molecule has 1 fully saturated rings. The molecule has 1 heterocycles. The number of hydrogen-bond acceptors (Lipinski definition) is 4. The highest BCUT2D eigenvalue weighted by molar-refractivity contribution is 5.76. The fourth-order valence-corrected chi connectivity index (χ4v) is 2.73. The van der Waals surface area contributed by atoms with Crippen LogP contribution in [-0.4, -0.2) is 55.0 Å². The molecule has 1 saturated heterocycles. The van der Waals surface area contributed by atoms with Gasteiger partial charge in [-0.15, -0.1) is 0 Å². The van der Waals surface area contributed by atoms with Gasteiger partial charge < -0.3 is 10.6 Å². The van der Waals surface area contributed by atoms with Crippen molar-refractivity contribution in [1.29, 1.82) is 5.26 Å². The number of nitriles is 1. The van der Waals surface area contributed by atoms with Crippen molar-refractivity contribution in [1.82, 2.24) is 9.80 Å². The Morgan fingerprint density at radius 1 is 1.30 bits per heavy atom. The summed E-state index contributed by atoms with van der Waals surface area (Å²) in [6, 6.07) is 2.16. The number of rotatable bonds is 7. The third-order valence-electron chi connectivity index (χ3n) is 3.87. The zero-order valence-corrected chi connectivity index (χ0v) is 12.8. The second kappa shape index (κ2) is 8.93. The van der Waals surface area contributed by atoms with Gasteiger partial charge in [0.15, 0.2) is 0 Å². The maximum Gasteiger partial charge on any atom is 0.222 e. The van der Waals surface area contributed by atoms with E-state index in [0.29, 0.717) is 31.2 Å². The predicted octanol–water partition coefficient (Wildman–Crippen LogP) is 1.06. The van der Waals surface area contributed by atoms with Gasteiger partial charge in [0.1, 0.15) is 0 Å². The van der Waals surface area contributed by atoms with Crippen LogP contribution in [0.25, 0.3) is 0 Å². The Balaban J connectivity index is 2.33. The van der Waals surface area contributed by atoms with E-state index in [4.69, 9.17) is 11.0 Å². The van der Waals surface area contributed by atoms with Crippen LogP contribution in [0.2, 0.25) is 0 Å². The van der Waals surface area contributed by atoms with E-state index in [9.17, 15) is 4.79 Å². The van der Waals surface area contributed by atoms with Gasteiger partial charge in [0.05, 0.1) is 6.07 Å². The van der Waals surface area contributed by atoms with Gasteiger partial charge >= 0.3 is 0 Å². The van der Waals surface area contributed by atoms with E-state index in [1.165, 1.54) is 0 Å². The van der Waals surface area contributed by atoms with Crippen LogP contribution >= 0.6 is 0 Å². The van der Waals surface area contributed by atoms with Gasteiger partial charge in [-0.2, -0.15) is 5.26 Å². The van der Waals surface area contributed by atoms with Crippen LogP contribution in [0.4, 0.5) is 0 Å². The van der Waals surface area contributed by atoms with Crippen LogP contribution in [0.5, 0.6) is 0 Å². The van der Waals surface area contributed by atoms with Crippen molar-refractivity contribution in [3.8, 4) is 6.07 Å². The van der Waals surface area contributed by atoms with Crippen LogP contribution in [0, 0.1) is 23.2 Å². The van der Waals surface area contributed by atoms with E-state index in [2.05, 4.69) is 24.8 Å². The summed E-state index contributed by atoms with van der Waals surface area (Å²) >= 11 is 0. The fraction of sp³-hybridized carbons (Fsp3) is 0.867. The molecular formula is C15H28N4O. The molecule has 1 amide bonds. The summed E-state index contributed by atoms with van der Waals surface area (Å²) in [5.41, 5.74) is 5.77. The third-order valence-corrected chi connectivity index (χ3v) is 3.87. The van der Waals surface area contributed by atoms with Gasteiger partial charge in [-0.25, -0.2) is 0 Å². The summed E-state index contributed by atoms with van der Waals surface area (Å²) in [5.74, 6) is 1.12. The van der Waals surface area contributed by atoms with Gasteiger partial charge in [0.2, 0.25) is 5.91 Å². The molecule has 1 aliphatic rings. The molecule has 0 radical (unpaired) electrons. The maximum atomic E-state index is 12.3. The Kier molecular flexibility index (Phi) is 7.56. The highest BCUT2D eigenvalue weighted by Crippen LogP contribution is 2.16. The quantitative estimate of drug-likeness (QED) is 0.756. The summed E-state index contributed by atoms with van der Waals surface area (Å²) in [4.78, 5) is 16.5. The summed E-state index contributed by atoms with van der Waals surface area (Å²) in [6.45, 7) is 9.06. The minimum atomic E-state index is 0.237. The Morgan fingerprint density at radius 3 is 2.45 bits per heavy atom. The molecule has 0 aliphatic carbocycles. The molecule has 0 spiro atoms. The monoisotopic (exact) mass is 280 g/mol. The average molecular weight is 280 g/mol. The molecule has 1 atom stereocenters. The zero-order chi connectivity index (χ0) is 15.0. The number of piperazine rings is 1. The largest absolute Gasteiger partial charge is 0.340 e. The van der Waals surface area contributed by atoms with Gasteiger partial charge in [-0.3, -0.25) is 9.69 Å². The average Bonchev–Trinajstić information content (AvgIpc) is 2.44. The molecule has 2 N–H and O–H groups in total. The molecule has 5 nitrogen and oxygen atoms in total. The van der Waals surface area contributed by atoms with Crippen molar-refractivity contribution in [2.45, 2.75) is 33.1 Å². The van der Waals surface area contributed by atoms with Crippen LogP contribution in [0.15, 0.2) is 0 Å². The summed E-state index contributed by atoms with van der Waals surface area (Å²) in [6.07, 6.45) is 2.16. The van der Waals surface area contributed by atoms with Crippen LogP contribution < -0.4 is 5.73 Å². The topological polar surface area (TPSA) is 73.4 Å². The smallest absolute Gasteiger partial charge is 0.222 e. The molecule has 0 saturated carbocycles. The standard InChI is InChI=1S/C15H28N4O/c1-13(2)10-14(12-17)11-15(20)19-8-6-18(7-9-19)5-3-4-16/h13-14H,3,5-12,17H2,1-2H3. The lowest BCUT2D eigenvalue weighted by Gasteiger charge is -2.35. The van der Waals surface area contributed by atoms with Crippen molar-refractivity contribution in [2.75, 3.05) is 39.3 Å². The maximum absolute atomic E-state index is 12.3.